The summed E-state index contributed by atoms with van der Waals surface area (Å²) in [6.07, 6.45) is 0. The molecular formula is C11H11NO2. The van der Waals surface area contributed by atoms with Crippen LogP contribution in [0.3, 0.4) is 0 Å². The molecule has 0 aliphatic carbocycles. The molecule has 0 amide bonds. The van der Waals surface area contributed by atoms with E-state index >= 15 is 0 Å². The fraction of sp³-hybridized carbons (Fsp3) is 0.273. The van der Waals surface area contributed by atoms with Crippen LogP contribution >= 0.6 is 0 Å². The summed E-state index contributed by atoms with van der Waals surface area (Å²) in [5.74, 6) is -0.460. The van der Waals surface area contributed by atoms with Crippen molar-refractivity contribution in [2.24, 2.45) is 0 Å². The molecule has 3 heteroatoms. The Morgan fingerprint density at radius 1 is 1.43 bits per heavy atom. The summed E-state index contributed by atoms with van der Waals surface area (Å²) < 4.78 is 4.97. The van der Waals surface area contributed by atoms with E-state index in [1.807, 2.05) is 12.1 Å². The molecule has 3 nitrogen and oxygen atoms in total. The highest BCUT2D eigenvalue weighted by atomic mass is 16.6. The summed E-state index contributed by atoms with van der Waals surface area (Å²) >= 11 is 0. The second-order valence-electron chi connectivity index (χ2n) is 3.10. The Hall–Kier alpha value is -1.82. The average Bonchev–Trinajstić information content (AvgIpc) is 2.18. The van der Waals surface area contributed by atoms with Crippen LogP contribution in [-0.4, -0.2) is 5.97 Å². The number of hydrogen-bond donors (Lipinski definition) is 0. The van der Waals surface area contributed by atoms with Gasteiger partial charge in [0, 0.05) is 12.5 Å². The molecular weight excluding hydrogens is 178 g/mol. The molecule has 0 bridgehead atoms. The molecule has 1 aromatic carbocycles. The van der Waals surface area contributed by atoms with E-state index in [-0.39, 0.29) is 0 Å². The van der Waals surface area contributed by atoms with Crippen LogP contribution in [0, 0.1) is 11.3 Å². The van der Waals surface area contributed by atoms with E-state index in [4.69, 9.17) is 10.00 Å². The SMILES string of the molecule is CC(=O)O[C@@](C)(C#N)c1ccccc1. The van der Waals surface area contributed by atoms with E-state index in [9.17, 15) is 4.79 Å². The maximum Gasteiger partial charge on any atom is 0.304 e. The van der Waals surface area contributed by atoms with Gasteiger partial charge in [0.25, 0.3) is 0 Å². The van der Waals surface area contributed by atoms with Crippen molar-refractivity contribution in [1.82, 2.24) is 0 Å². The van der Waals surface area contributed by atoms with Crippen LogP contribution in [-0.2, 0) is 15.1 Å². The average molecular weight is 189 g/mol. The first-order valence-corrected chi connectivity index (χ1v) is 4.25. The highest BCUT2D eigenvalue weighted by Crippen LogP contribution is 2.24. The molecule has 0 radical (unpaired) electrons. The van der Waals surface area contributed by atoms with E-state index < -0.39 is 11.6 Å². The third-order valence-electron chi connectivity index (χ3n) is 1.89. The lowest BCUT2D eigenvalue weighted by Crippen LogP contribution is -2.26. The summed E-state index contributed by atoms with van der Waals surface area (Å²) in [7, 11) is 0. The first kappa shape index (κ1) is 10.3. The maximum absolute atomic E-state index is 10.8. The number of carbonyl (C=O) groups is 1. The predicted molar refractivity (Wildman–Crippen MR) is 51.2 cm³/mol. The van der Waals surface area contributed by atoms with Crippen LogP contribution in [0.2, 0.25) is 0 Å². The lowest BCUT2D eigenvalue weighted by atomic mass is 9.98. The Balaban J connectivity index is 3.03. The van der Waals surface area contributed by atoms with Crippen molar-refractivity contribution in [2.45, 2.75) is 19.4 Å². The van der Waals surface area contributed by atoms with Crippen molar-refractivity contribution in [3.05, 3.63) is 35.9 Å². The van der Waals surface area contributed by atoms with Crippen molar-refractivity contribution in [1.29, 1.82) is 5.26 Å². The van der Waals surface area contributed by atoms with Gasteiger partial charge >= 0.3 is 5.97 Å². The van der Waals surface area contributed by atoms with Crippen LogP contribution in [0.4, 0.5) is 0 Å². The fourth-order valence-electron chi connectivity index (χ4n) is 1.19. The van der Waals surface area contributed by atoms with E-state index in [0.717, 1.165) is 0 Å². The first-order valence-electron chi connectivity index (χ1n) is 4.25. The second-order valence-corrected chi connectivity index (χ2v) is 3.10. The molecule has 0 aromatic heterocycles. The topological polar surface area (TPSA) is 50.1 Å². The van der Waals surface area contributed by atoms with Crippen LogP contribution in [0.25, 0.3) is 0 Å². The number of hydrogen-bond acceptors (Lipinski definition) is 3. The Morgan fingerprint density at radius 3 is 2.43 bits per heavy atom. The van der Waals surface area contributed by atoms with Crippen LogP contribution in [0.5, 0.6) is 0 Å². The summed E-state index contributed by atoms with van der Waals surface area (Å²) in [6, 6.07) is 10.9. The summed E-state index contributed by atoms with van der Waals surface area (Å²) in [5, 5.41) is 8.96. The molecule has 1 rings (SSSR count). The van der Waals surface area contributed by atoms with Gasteiger partial charge in [0.15, 0.2) is 0 Å². The van der Waals surface area contributed by atoms with Crippen molar-refractivity contribution >= 4 is 5.97 Å². The third kappa shape index (κ3) is 2.11. The Kier molecular flexibility index (Phi) is 2.88. The molecule has 0 N–H and O–H groups in total. The van der Waals surface area contributed by atoms with E-state index in [0.29, 0.717) is 5.56 Å². The van der Waals surface area contributed by atoms with E-state index in [1.165, 1.54) is 6.92 Å². The van der Waals surface area contributed by atoms with Gasteiger partial charge < -0.3 is 4.74 Å². The summed E-state index contributed by atoms with van der Waals surface area (Å²) in [5.41, 5.74) is -0.509. The van der Waals surface area contributed by atoms with Crippen LogP contribution in [0.1, 0.15) is 19.4 Å². The normalized spacial score (nSPS) is 13.8. The highest BCUT2D eigenvalue weighted by Gasteiger charge is 2.29. The van der Waals surface area contributed by atoms with Crippen LogP contribution in [0.15, 0.2) is 30.3 Å². The largest absolute Gasteiger partial charge is 0.440 e. The molecule has 0 heterocycles. The molecule has 0 unspecified atom stereocenters. The monoisotopic (exact) mass is 189 g/mol. The van der Waals surface area contributed by atoms with Gasteiger partial charge in [0.1, 0.15) is 6.07 Å². The first-order chi connectivity index (χ1) is 6.58. The molecule has 1 aromatic rings. The highest BCUT2D eigenvalue weighted by molar-refractivity contribution is 5.67. The number of ether oxygens (including phenoxy) is 1. The Labute approximate surface area is 82.9 Å². The van der Waals surface area contributed by atoms with Crippen molar-refractivity contribution in [3.63, 3.8) is 0 Å². The van der Waals surface area contributed by atoms with Crippen LogP contribution < -0.4 is 0 Å². The molecule has 72 valence electrons. The molecule has 0 saturated heterocycles. The van der Waals surface area contributed by atoms with Gasteiger partial charge in [-0.3, -0.25) is 4.79 Å². The molecule has 0 aliphatic rings. The zero-order chi connectivity index (χ0) is 10.6. The van der Waals surface area contributed by atoms with Gasteiger partial charge in [-0.05, 0) is 6.92 Å². The maximum atomic E-state index is 10.8. The molecule has 0 fully saturated rings. The van der Waals surface area contributed by atoms with Gasteiger partial charge in [-0.2, -0.15) is 5.26 Å². The number of nitrogens with zero attached hydrogens (tertiary/aromatic N) is 1. The quantitative estimate of drug-likeness (QED) is 0.668. The predicted octanol–water partition coefficient (Wildman–Crippen LogP) is 1.99. The smallest absolute Gasteiger partial charge is 0.304 e. The van der Waals surface area contributed by atoms with Gasteiger partial charge in [-0.1, -0.05) is 30.3 Å². The third-order valence-corrected chi connectivity index (χ3v) is 1.89. The van der Waals surface area contributed by atoms with Crippen molar-refractivity contribution < 1.29 is 9.53 Å². The lowest BCUT2D eigenvalue weighted by Gasteiger charge is -2.21. The Morgan fingerprint density at radius 2 is 2.00 bits per heavy atom. The number of nitriles is 1. The number of carbonyl (C=O) groups excluding carboxylic acids is 1. The van der Waals surface area contributed by atoms with Crippen molar-refractivity contribution in [2.75, 3.05) is 0 Å². The standard InChI is InChI=1S/C11H11NO2/c1-9(13)14-11(2,8-12)10-6-4-3-5-7-10/h3-7H,1-2H3/t11-/m0/s1. The number of esters is 1. The second kappa shape index (κ2) is 3.93. The van der Waals surface area contributed by atoms with Gasteiger partial charge in [0.2, 0.25) is 5.60 Å². The minimum Gasteiger partial charge on any atom is -0.440 e. The molecule has 0 saturated carbocycles. The minimum absolute atomic E-state index is 0.460. The van der Waals surface area contributed by atoms with E-state index in [1.54, 1.807) is 31.2 Å². The van der Waals surface area contributed by atoms with E-state index in [2.05, 4.69) is 0 Å². The van der Waals surface area contributed by atoms with Gasteiger partial charge in [-0.25, -0.2) is 0 Å². The lowest BCUT2D eigenvalue weighted by molar-refractivity contribution is -0.151. The van der Waals surface area contributed by atoms with Crippen molar-refractivity contribution in [3.8, 4) is 6.07 Å². The fourth-order valence-corrected chi connectivity index (χ4v) is 1.19. The van der Waals surface area contributed by atoms with Gasteiger partial charge in [0.05, 0.1) is 0 Å². The molecule has 14 heavy (non-hydrogen) atoms. The summed E-state index contributed by atoms with van der Waals surface area (Å²) in [4.78, 5) is 10.8. The zero-order valence-corrected chi connectivity index (χ0v) is 8.15. The minimum atomic E-state index is -1.19. The molecule has 1 atom stereocenters. The molecule has 0 aliphatic heterocycles. The number of benzene rings is 1. The summed E-state index contributed by atoms with van der Waals surface area (Å²) in [6.45, 7) is 2.86. The zero-order valence-electron chi connectivity index (χ0n) is 8.15. The van der Waals surface area contributed by atoms with Gasteiger partial charge in [-0.15, -0.1) is 0 Å². The Bertz CT molecular complexity index is 367. The molecule has 0 spiro atoms. The number of rotatable bonds is 2.